The molecule has 0 saturated heterocycles. The molecule has 0 bridgehead atoms. The minimum atomic E-state index is -0.232. The minimum absolute atomic E-state index is 0.180. The fourth-order valence-electron chi connectivity index (χ4n) is 2.47. The molecular weight excluding hydrogens is 278 g/mol. The van der Waals surface area contributed by atoms with Gasteiger partial charge < -0.3 is 14.8 Å². The number of aromatic nitrogens is 2. The van der Waals surface area contributed by atoms with E-state index in [0.717, 1.165) is 11.2 Å². The molecule has 22 heavy (non-hydrogen) atoms. The molecule has 2 heterocycles. The molecule has 0 radical (unpaired) electrons. The predicted molar refractivity (Wildman–Crippen MR) is 83.8 cm³/mol. The molecule has 0 unspecified atom stereocenters. The molecule has 1 aromatic carbocycles. The van der Waals surface area contributed by atoms with E-state index in [4.69, 9.17) is 0 Å². The van der Waals surface area contributed by atoms with Crippen LogP contribution in [0, 0.1) is 0 Å². The highest BCUT2D eigenvalue weighted by molar-refractivity contribution is 5.95. The normalized spacial score (nSPS) is 12.2. The lowest BCUT2D eigenvalue weighted by Gasteiger charge is -2.18. The number of hydrogen-bond acceptors (Lipinski definition) is 3. The Kier molecular flexibility index (Phi) is 3.78. The van der Waals surface area contributed by atoms with Crippen LogP contribution in [-0.2, 0) is 0 Å². The van der Waals surface area contributed by atoms with Gasteiger partial charge in [-0.05, 0) is 24.6 Å². The van der Waals surface area contributed by atoms with Gasteiger partial charge in [0.05, 0.1) is 6.04 Å². The van der Waals surface area contributed by atoms with Gasteiger partial charge in [-0.15, -0.1) is 0 Å². The number of nitrogens with zero attached hydrogens (tertiary/aromatic N) is 2. The predicted octanol–water partition coefficient (Wildman–Crippen LogP) is 2.92. The Morgan fingerprint density at radius 3 is 2.91 bits per heavy atom. The van der Waals surface area contributed by atoms with E-state index >= 15 is 0 Å². The first-order valence-corrected chi connectivity index (χ1v) is 7.20. The number of phenolic OH excluding ortho intramolecular Hbond substituents is 1. The zero-order valence-electron chi connectivity index (χ0n) is 12.2. The number of fused-ring (bicyclic) bond motifs is 1. The summed E-state index contributed by atoms with van der Waals surface area (Å²) in [5.74, 6) is 0.0129. The maximum Gasteiger partial charge on any atom is 0.251 e. The molecule has 3 aromatic rings. The number of rotatable bonds is 4. The van der Waals surface area contributed by atoms with Gasteiger partial charge in [-0.25, -0.2) is 4.98 Å². The molecule has 2 aromatic heterocycles. The van der Waals surface area contributed by atoms with Gasteiger partial charge in [-0.1, -0.05) is 25.1 Å². The van der Waals surface area contributed by atoms with Crippen LogP contribution in [0.2, 0.25) is 0 Å². The number of aromatic hydroxyl groups is 1. The van der Waals surface area contributed by atoms with Crippen molar-refractivity contribution in [2.75, 3.05) is 0 Å². The topological polar surface area (TPSA) is 66.6 Å². The summed E-state index contributed by atoms with van der Waals surface area (Å²) in [7, 11) is 0. The highest BCUT2D eigenvalue weighted by Crippen LogP contribution is 2.26. The van der Waals surface area contributed by atoms with E-state index in [1.54, 1.807) is 36.7 Å². The molecule has 0 fully saturated rings. The van der Waals surface area contributed by atoms with E-state index in [1.165, 1.54) is 0 Å². The lowest BCUT2D eigenvalue weighted by molar-refractivity contribution is 0.0935. The molecule has 0 aliphatic heterocycles. The van der Waals surface area contributed by atoms with Gasteiger partial charge in [0.25, 0.3) is 5.91 Å². The Morgan fingerprint density at radius 2 is 2.14 bits per heavy atom. The Morgan fingerprint density at radius 1 is 1.32 bits per heavy atom. The summed E-state index contributed by atoms with van der Waals surface area (Å²) in [4.78, 5) is 16.6. The number of phenols is 1. The van der Waals surface area contributed by atoms with Crippen LogP contribution in [0.5, 0.6) is 5.75 Å². The van der Waals surface area contributed by atoms with Crippen LogP contribution in [0.25, 0.3) is 5.65 Å². The van der Waals surface area contributed by atoms with Crippen LogP contribution in [0.15, 0.2) is 55.0 Å². The van der Waals surface area contributed by atoms with Gasteiger partial charge in [-0.2, -0.15) is 0 Å². The van der Waals surface area contributed by atoms with Crippen LogP contribution >= 0.6 is 0 Å². The van der Waals surface area contributed by atoms with E-state index < -0.39 is 0 Å². The zero-order chi connectivity index (χ0) is 15.5. The third kappa shape index (κ3) is 2.65. The van der Waals surface area contributed by atoms with E-state index in [0.29, 0.717) is 12.0 Å². The van der Waals surface area contributed by atoms with Crippen molar-refractivity contribution in [1.82, 2.24) is 14.7 Å². The number of benzene rings is 1. The lowest BCUT2D eigenvalue weighted by atomic mass is 10.0. The molecular formula is C17H17N3O2. The van der Waals surface area contributed by atoms with E-state index in [-0.39, 0.29) is 17.7 Å². The Balaban J connectivity index is 1.84. The summed E-state index contributed by atoms with van der Waals surface area (Å²) in [6, 6.07) is 10.3. The number of imidazole rings is 1. The number of nitrogens with one attached hydrogen (secondary N) is 1. The lowest BCUT2D eigenvalue weighted by Crippen LogP contribution is -2.28. The quantitative estimate of drug-likeness (QED) is 0.777. The Bertz CT molecular complexity index is 810. The van der Waals surface area contributed by atoms with Gasteiger partial charge in [0.15, 0.2) is 0 Å². The van der Waals surface area contributed by atoms with Crippen LogP contribution in [0.3, 0.4) is 0 Å². The smallest absolute Gasteiger partial charge is 0.251 e. The van der Waals surface area contributed by atoms with Crippen molar-refractivity contribution < 1.29 is 9.90 Å². The second kappa shape index (κ2) is 5.89. The molecule has 1 atom stereocenters. The first kappa shape index (κ1) is 14.1. The fourth-order valence-corrected chi connectivity index (χ4v) is 2.47. The van der Waals surface area contributed by atoms with Crippen molar-refractivity contribution in [3.63, 3.8) is 0 Å². The number of hydrogen-bond donors (Lipinski definition) is 2. The van der Waals surface area contributed by atoms with Crippen LogP contribution in [0.1, 0.15) is 35.3 Å². The summed E-state index contributed by atoms with van der Waals surface area (Å²) in [6.45, 7) is 1.97. The maximum atomic E-state index is 12.4. The molecule has 3 rings (SSSR count). The highest BCUT2D eigenvalue weighted by Gasteiger charge is 2.17. The second-order valence-electron chi connectivity index (χ2n) is 5.10. The highest BCUT2D eigenvalue weighted by atomic mass is 16.3. The number of pyridine rings is 1. The molecule has 0 aliphatic rings. The molecule has 2 N–H and O–H groups in total. The van der Waals surface area contributed by atoms with Gasteiger partial charge in [0, 0.05) is 29.7 Å². The zero-order valence-corrected chi connectivity index (χ0v) is 12.2. The van der Waals surface area contributed by atoms with Gasteiger partial charge in [0.2, 0.25) is 0 Å². The van der Waals surface area contributed by atoms with Gasteiger partial charge >= 0.3 is 0 Å². The molecule has 0 aliphatic carbocycles. The van der Waals surface area contributed by atoms with E-state index in [1.807, 2.05) is 29.7 Å². The third-order valence-corrected chi connectivity index (χ3v) is 3.69. The van der Waals surface area contributed by atoms with E-state index in [2.05, 4.69) is 10.3 Å². The molecule has 0 spiro atoms. The minimum Gasteiger partial charge on any atom is -0.508 e. The van der Waals surface area contributed by atoms with Gasteiger partial charge in [0.1, 0.15) is 11.4 Å². The van der Waals surface area contributed by atoms with Crippen LogP contribution < -0.4 is 5.32 Å². The first-order valence-electron chi connectivity index (χ1n) is 7.20. The number of para-hydroxylation sites is 1. The maximum absolute atomic E-state index is 12.4. The first-order chi connectivity index (χ1) is 10.7. The summed E-state index contributed by atoms with van der Waals surface area (Å²) >= 11 is 0. The largest absolute Gasteiger partial charge is 0.508 e. The van der Waals surface area contributed by atoms with Crippen LogP contribution in [-0.4, -0.2) is 20.4 Å². The van der Waals surface area contributed by atoms with Gasteiger partial charge in [-0.3, -0.25) is 4.79 Å². The number of carbonyl (C=O) groups excluding carboxylic acids is 1. The van der Waals surface area contributed by atoms with Crippen molar-refractivity contribution in [2.45, 2.75) is 19.4 Å². The average molecular weight is 295 g/mol. The van der Waals surface area contributed by atoms with Crippen LogP contribution in [0.4, 0.5) is 0 Å². The Hall–Kier alpha value is -2.82. The summed E-state index contributed by atoms with van der Waals surface area (Å²) in [5.41, 5.74) is 2.00. The second-order valence-corrected chi connectivity index (χ2v) is 5.10. The molecule has 1 amide bonds. The van der Waals surface area contributed by atoms with Crippen molar-refractivity contribution in [3.8, 4) is 5.75 Å². The van der Waals surface area contributed by atoms with E-state index in [9.17, 15) is 9.90 Å². The third-order valence-electron chi connectivity index (χ3n) is 3.69. The standard InChI is InChI=1S/C17H17N3O2/c1-2-14(13-5-3-4-6-15(13)21)19-17(22)12-7-9-20-10-8-18-16(20)11-12/h3-11,14,21H,2H2,1H3,(H,19,22)/t14-/m1/s1. The monoisotopic (exact) mass is 295 g/mol. The fraction of sp³-hybridized carbons (Fsp3) is 0.176. The van der Waals surface area contributed by atoms with Crippen molar-refractivity contribution in [1.29, 1.82) is 0 Å². The number of carbonyl (C=O) groups is 1. The SMILES string of the molecule is CC[C@@H](NC(=O)c1ccn2ccnc2c1)c1ccccc1O. The Labute approximate surface area is 128 Å². The summed E-state index contributed by atoms with van der Waals surface area (Å²) in [5, 5.41) is 12.9. The van der Waals surface area contributed by atoms with Crippen molar-refractivity contribution in [3.05, 3.63) is 66.1 Å². The average Bonchev–Trinajstić information content (AvgIpc) is 3.00. The molecule has 0 saturated carbocycles. The summed E-state index contributed by atoms with van der Waals surface area (Å²) < 4.78 is 1.84. The summed E-state index contributed by atoms with van der Waals surface area (Å²) in [6.07, 6.45) is 6.01. The molecule has 5 heteroatoms. The number of amides is 1. The molecule has 5 nitrogen and oxygen atoms in total. The van der Waals surface area contributed by atoms with Crippen molar-refractivity contribution >= 4 is 11.6 Å². The molecule has 112 valence electrons. The van der Waals surface area contributed by atoms with Crippen molar-refractivity contribution in [2.24, 2.45) is 0 Å².